The zero-order valence-corrected chi connectivity index (χ0v) is 17.2. The van der Waals surface area contributed by atoms with Gasteiger partial charge in [-0.15, -0.1) is 0 Å². The van der Waals surface area contributed by atoms with Gasteiger partial charge < -0.3 is 24.4 Å². The van der Waals surface area contributed by atoms with E-state index in [0.29, 0.717) is 37.7 Å². The highest BCUT2D eigenvalue weighted by Gasteiger charge is 2.30. The van der Waals surface area contributed by atoms with E-state index < -0.39 is 0 Å². The number of nitrogens with zero attached hydrogens (tertiary/aromatic N) is 3. The fourth-order valence-electron chi connectivity index (χ4n) is 3.58. The number of carbonyl (C=O) groups excluding carboxylic acids is 2. The second-order valence-electron chi connectivity index (χ2n) is 7.08. The van der Waals surface area contributed by atoms with Crippen molar-refractivity contribution in [3.8, 4) is 11.5 Å². The number of amides is 4. The minimum atomic E-state index is -0.333. The molecule has 2 fully saturated rings. The van der Waals surface area contributed by atoms with Crippen LogP contribution < -0.4 is 14.8 Å². The highest BCUT2D eigenvalue weighted by molar-refractivity contribution is 5.94. The zero-order valence-electron chi connectivity index (χ0n) is 17.2. The van der Waals surface area contributed by atoms with Crippen LogP contribution in [0.2, 0.25) is 0 Å². The number of ether oxygens (including phenoxy) is 3. The van der Waals surface area contributed by atoms with Crippen LogP contribution in [0.5, 0.6) is 11.5 Å². The third-order valence-corrected chi connectivity index (χ3v) is 5.19. The van der Waals surface area contributed by atoms with E-state index >= 15 is 0 Å². The summed E-state index contributed by atoms with van der Waals surface area (Å²) < 4.78 is 16.0. The molecule has 2 aliphatic heterocycles. The molecule has 2 heterocycles. The third kappa shape index (κ3) is 5.51. The van der Waals surface area contributed by atoms with E-state index in [4.69, 9.17) is 14.2 Å². The highest BCUT2D eigenvalue weighted by atomic mass is 16.5. The first kappa shape index (κ1) is 21.2. The summed E-state index contributed by atoms with van der Waals surface area (Å²) in [5, 5.41) is 2.69. The number of hydrogen-bond donors (Lipinski definition) is 1. The first-order valence-corrected chi connectivity index (χ1v) is 9.97. The normalized spacial score (nSPS) is 17.2. The van der Waals surface area contributed by atoms with Gasteiger partial charge in [0, 0.05) is 45.8 Å². The average molecular weight is 406 g/mol. The maximum absolute atomic E-state index is 13.0. The molecule has 0 aliphatic carbocycles. The lowest BCUT2D eigenvalue weighted by Crippen LogP contribution is -2.45. The van der Waals surface area contributed by atoms with Crippen LogP contribution in [-0.2, 0) is 11.3 Å². The number of rotatable bonds is 8. The molecule has 9 nitrogen and oxygen atoms in total. The molecule has 0 atom stereocenters. The molecule has 1 aromatic rings. The standard InChI is InChI=1S/C20H30N4O5/c1-27-17-5-4-16(14-18(17)28-2)15-23(20(26)24-9-6-21-19(24)25)8-3-7-22-10-12-29-13-11-22/h4-5,14H,3,6-13,15H2,1-2H3,(H,21,25). The third-order valence-electron chi connectivity index (χ3n) is 5.19. The molecular formula is C20H30N4O5. The van der Waals surface area contributed by atoms with Gasteiger partial charge in [-0.2, -0.15) is 0 Å². The van der Waals surface area contributed by atoms with E-state index in [1.54, 1.807) is 19.1 Å². The van der Waals surface area contributed by atoms with Gasteiger partial charge in [0.05, 0.1) is 27.4 Å². The summed E-state index contributed by atoms with van der Waals surface area (Å²) in [6, 6.07) is 5.00. The van der Waals surface area contributed by atoms with Gasteiger partial charge in [0.15, 0.2) is 11.5 Å². The largest absolute Gasteiger partial charge is 0.493 e. The van der Waals surface area contributed by atoms with Gasteiger partial charge in [-0.05, 0) is 24.1 Å². The Morgan fingerprint density at radius 1 is 1.17 bits per heavy atom. The van der Waals surface area contributed by atoms with Crippen LogP contribution in [0.1, 0.15) is 12.0 Å². The van der Waals surface area contributed by atoms with Crippen LogP contribution in [0.15, 0.2) is 18.2 Å². The first-order valence-electron chi connectivity index (χ1n) is 9.97. The maximum atomic E-state index is 13.0. The minimum absolute atomic E-state index is 0.267. The molecule has 1 N–H and O–H groups in total. The van der Waals surface area contributed by atoms with Crippen molar-refractivity contribution >= 4 is 12.1 Å². The molecular weight excluding hydrogens is 376 g/mol. The predicted octanol–water partition coefficient (Wildman–Crippen LogP) is 1.37. The Morgan fingerprint density at radius 3 is 2.59 bits per heavy atom. The fourth-order valence-corrected chi connectivity index (χ4v) is 3.58. The van der Waals surface area contributed by atoms with E-state index in [-0.39, 0.29) is 12.1 Å². The Morgan fingerprint density at radius 2 is 1.93 bits per heavy atom. The quantitative estimate of drug-likeness (QED) is 0.702. The molecule has 4 amide bonds. The molecule has 0 spiro atoms. The van der Waals surface area contributed by atoms with Crippen molar-refractivity contribution in [2.45, 2.75) is 13.0 Å². The van der Waals surface area contributed by atoms with E-state index in [0.717, 1.165) is 44.8 Å². The summed E-state index contributed by atoms with van der Waals surface area (Å²) in [6.45, 7) is 6.07. The van der Waals surface area contributed by atoms with Gasteiger partial charge in [-0.3, -0.25) is 4.90 Å². The smallest absolute Gasteiger partial charge is 0.328 e. The van der Waals surface area contributed by atoms with Gasteiger partial charge in [-0.25, -0.2) is 14.5 Å². The summed E-state index contributed by atoms with van der Waals surface area (Å²) in [7, 11) is 3.17. The van der Waals surface area contributed by atoms with Crippen molar-refractivity contribution in [2.24, 2.45) is 0 Å². The van der Waals surface area contributed by atoms with Crippen molar-refractivity contribution in [3.05, 3.63) is 23.8 Å². The maximum Gasteiger partial charge on any atom is 0.328 e. The number of nitrogens with one attached hydrogen (secondary N) is 1. The highest BCUT2D eigenvalue weighted by Crippen LogP contribution is 2.28. The Labute approximate surface area is 171 Å². The summed E-state index contributed by atoms with van der Waals surface area (Å²) in [4.78, 5) is 30.3. The van der Waals surface area contributed by atoms with Crippen LogP contribution in [0.3, 0.4) is 0 Å². The summed E-state index contributed by atoms with van der Waals surface area (Å²) in [6.07, 6.45) is 0.828. The van der Waals surface area contributed by atoms with Crippen molar-refractivity contribution in [3.63, 3.8) is 0 Å². The van der Waals surface area contributed by atoms with Crippen LogP contribution in [-0.4, -0.2) is 93.5 Å². The van der Waals surface area contributed by atoms with Gasteiger partial charge >= 0.3 is 12.1 Å². The van der Waals surface area contributed by atoms with Crippen molar-refractivity contribution < 1.29 is 23.8 Å². The number of imide groups is 1. The van der Waals surface area contributed by atoms with Crippen molar-refractivity contribution in [1.82, 2.24) is 20.0 Å². The van der Waals surface area contributed by atoms with E-state index in [1.807, 2.05) is 18.2 Å². The lowest BCUT2D eigenvalue weighted by Gasteiger charge is -2.30. The molecule has 0 bridgehead atoms. The summed E-state index contributed by atoms with van der Waals surface area (Å²) >= 11 is 0. The average Bonchev–Trinajstić information content (AvgIpc) is 3.19. The number of methoxy groups -OCH3 is 2. The van der Waals surface area contributed by atoms with Gasteiger partial charge in [0.2, 0.25) is 0 Å². The van der Waals surface area contributed by atoms with Gasteiger partial charge in [0.1, 0.15) is 0 Å². The van der Waals surface area contributed by atoms with Crippen molar-refractivity contribution in [2.75, 3.05) is 66.7 Å². The van der Waals surface area contributed by atoms with Crippen molar-refractivity contribution in [1.29, 1.82) is 0 Å². The second-order valence-corrected chi connectivity index (χ2v) is 7.08. The van der Waals surface area contributed by atoms with Crippen LogP contribution >= 0.6 is 0 Å². The van der Waals surface area contributed by atoms with Crippen LogP contribution in [0.25, 0.3) is 0 Å². The number of morpholine rings is 1. The zero-order chi connectivity index (χ0) is 20.6. The molecule has 0 saturated carbocycles. The predicted molar refractivity (Wildman–Crippen MR) is 107 cm³/mol. The Hall–Kier alpha value is -2.52. The molecule has 29 heavy (non-hydrogen) atoms. The number of hydrogen-bond acceptors (Lipinski definition) is 6. The summed E-state index contributed by atoms with van der Waals surface area (Å²) in [5.41, 5.74) is 0.918. The number of benzene rings is 1. The fraction of sp³-hybridized carbons (Fsp3) is 0.600. The molecule has 0 aromatic heterocycles. The van der Waals surface area contributed by atoms with E-state index in [2.05, 4.69) is 10.2 Å². The van der Waals surface area contributed by atoms with E-state index in [1.165, 1.54) is 4.90 Å². The Bertz CT molecular complexity index is 708. The number of carbonyl (C=O) groups is 2. The van der Waals surface area contributed by atoms with Gasteiger partial charge in [0.25, 0.3) is 0 Å². The van der Waals surface area contributed by atoms with Crippen LogP contribution in [0, 0.1) is 0 Å². The minimum Gasteiger partial charge on any atom is -0.493 e. The second kappa shape index (κ2) is 10.3. The molecule has 1 aromatic carbocycles. The SMILES string of the molecule is COc1ccc(CN(CCCN2CCOCC2)C(=O)N2CCNC2=O)cc1OC. The lowest BCUT2D eigenvalue weighted by molar-refractivity contribution is 0.0363. The van der Waals surface area contributed by atoms with E-state index in [9.17, 15) is 9.59 Å². The molecule has 160 valence electrons. The Balaban J connectivity index is 1.67. The molecule has 2 saturated heterocycles. The molecule has 2 aliphatic rings. The molecule has 0 radical (unpaired) electrons. The Kier molecular flexibility index (Phi) is 7.54. The molecule has 3 rings (SSSR count). The molecule has 0 unspecified atom stereocenters. The first-order chi connectivity index (χ1) is 14.1. The lowest BCUT2D eigenvalue weighted by atomic mass is 10.2. The topological polar surface area (TPSA) is 83.6 Å². The number of urea groups is 2. The summed E-state index contributed by atoms with van der Waals surface area (Å²) in [5.74, 6) is 1.25. The van der Waals surface area contributed by atoms with Crippen LogP contribution in [0.4, 0.5) is 9.59 Å². The van der Waals surface area contributed by atoms with Gasteiger partial charge in [-0.1, -0.05) is 6.07 Å². The monoisotopic (exact) mass is 406 g/mol. The molecule has 9 heteroatoms.